The van der Waals surface area contributed by atoms with Crippen molar-refractivity contribution in [1.82, 2.24) is 14.9 Å². The average molecular weight is 282 g/mol. The highest BCUT2D eigenvalue weighted by Crippen LogP contribution is 2.21. The molecule has 0 amide bonds. The SMILES string of the molecule is CCNC(Cc1ccc(Cl)cc1F)c1cn(C)cn1. The largest absolute Gasteiger partial charge is 0.340 e. The molecule has 0 aliphatic heterocycles. The maximum Gasteiger partial charge on any atom is 0.127 e. The fourth-order valence-corrected chi connectivity index (χ4v) is 2.21. The van der Waals surface area contributed by atoms with E-state index in [-0.39, 0.29) is 11.9 Å². The van der Waals surface area contributed by atoms with Crippen molar-refractivity contribution >= 4 is 11.6 Å². The van der Waals surface area contributed by atoms with E-state index in [1.165, 1.54) is 6.07 Å². The van der Waals surface area contributed by atoms with Gasteiger partial charge in [-0.1, -0.05) is 24.6 Å². The van der Waals surface area contributed by atoms with Crippen LogP contribution in [0.5, 0.6) is 0 Å². The van der Waals surface area contributed by atoms with Crippen molar-refractivity contribution in [3.63, 3.8) is 0 Å². The number of imidazole rings is 1. The number of aromatic nitrogens is 2. The molecule has 0 saturated carbocycles. The zero-order valence-corrected chi connectivity index (χ0v) is 11.8. The van der Waals surface area contributed by atoms with Crippen LogP contribution in [0.3, 0.4) is 0 Å². The molecule has 1 aromatic carbocycles. The number of nitrogens with one attached hydrogen (secondary N) is 1. The van der Waals surface area contributed by atoms with Crippen LogP contribution in [0.2, 0.25) is 5.02 Å². The quantitative estimate of drug-likeness (QED) is 0.913. The van der Waals surface area contributed by atoms with Gasteiger partial charge in [0.1, 0.15) is 5.82 Å². The van der Waals surface area contributed by atoms with E-state index in [4.69, 9.17) is 11.6 Å². The smallest absolute Gasteiger partial charge is 0.127 e. The van der Waals surface area contributed by atoms with Gasteiger partial charge >= 0.3 is 0 Å². The van der Waals surface area contributed by atoms with Crippen LogP contribution in [-0.4, -0.2) is 16.1 Å². The Labute approximate surface area is 117 Å². The second-order valence-corrected chi connectivity index (χ2v) is 4.95. The molecule has 0 saturated heterocycles. The molecule has 3 nitrogen and oxygen atoms in total. The zero-order chi connectivity index (χ0) is 13.8. The Kier molecular flexibility index (Phi) is 4.56. The van der Waals surface area contributed by atoms with Gasteiger partial charge in [-0.3, -0.25) is 0 Å². The van der Waals surface area contributed by atoms with Crippen LogP contribution in [0, 0.1) is 5.82 Å². The average Bonchev–Trinajstić information content (AvgIpc) is 2.78. The Balaban J connectivity index is 2.21. The molecule has 1 unspecified atom stereocenters. The van der Waals surface area contributed by atoms with Gasteiger partial charge in [0.05, 0.1) is 18.1 Å². The lowest BCUT2D eigenvalue weighted by molar-refractivity contribution is 0.519. The van der Waals surface area contributed by atoms with Crippen molar-refractivity contribution in [2.24, 2.45) is 7.05 Å². The summed E-state index contributed by atoms with van der Waals surface area (Å²) >= 11 is 5.76. The lowest BCUT2D eigenvalue weighted by atomic mass is 10.0. The third-order valence-electron chi connectivity index (χ3n) is 2.97. The normalized spacial score (nSPS) is 12.6. The van der Waals surface area contributed by atoms with Gasteiger partial charge in [0.25, 0.3) is 0 Å². The van der Waals surface area contributed by atoms with Gasteiger partial charge in [-0.05, 0) is 30.7 Å². The highest BCUT2D eigenvalue weighted by Gasteiger charge is 2.16. The third kappa shape index (κ3) is 3.55. The molecule has 0 radical (unpaired) electrons. The first kappa shape index (κ1) is 14.0. The first-order valence-electron chi connectivity index (χ1n) is 6.25. The molecular formula is C14H17ClFN3. The summed E-state index contributed by atoms with van der Waals surface area (Å²) < 4.78 is 15.7. The van der Waals surface area contributed by atoms with E-state index in [2.05, 4.69) is 10.3 Å². The number of likely N-dealkylation sites (N-methyl/N-ethyl adjacent to an activating group) is 1. The first-order chi connectivity index (χ1) is 9.10. The van der Waals surface area contributed by atoms with Crippen LogP contribution < -0.4 is 5.32 Å². The number of aryl methyl sites for hydroxylation is 1. The fraction of sp³-hybridized carbons (Fsp3) is 0.357. The molecule has 1 aromatic heterocycles. The Hall–Kier alpha value is -1.39. The summed E-state index contributed by atoms with van der Waals surface area (Å²) in [6, 6.07) is 4.78. The number of hydrogen-bond donors (Lipinski definition) is 1. The van der Waals surface area contributed by atoms with Gasteiger partial charge in [0, 0.05) is 18.3 Å². The molecule has 1 N–H and O–H groups in total. The molecule has 19 heavy (non-hydrogen) atoms. The number of halogens is 2. The maximum atomic E-state index is 13.8. The summed E-state index contributed by atoms with van der Waals surface area (Å²) in [5.74, 6) is -0.272. The van der Waals surface area contributed by atoms with E-state index < -0.39 is 0 Å². The van der Waals surface area contributed by atoms with Gasteiger partial charge in [-0.2, -0.15) is 0 Å². The van der Waals surface area contributed by atoms with Gasteiger partial charge < -0.3 is 9.88 Å². The minimum absolute atomic E-state index is 0.00174. The highest BCUT2D eigenvalue weighted by atomic mass is 35.5. The predicted molar refractivity (Wildman–Crippen MR) is 74.7 cm³/mol. The monoisotopic (exact) mass is 281 g/mol. The van der Waals surface area contributed by atoms with Gasteiger partial charge in [-0.25, -0.2) is 9.37 Å². The lowest BCUT2D eigenvalue weighted by Crippen LogP contribution is -2.23. The maximum absolute atomic E-state index is 13.8. The highest BCUT2D eigenvalue weighted by molar-refractivity contribution is 6.30. The Bertz CT molecular complexity index is 553. The summed E-state index contributed by atoms with van der Waals surface area (Å²) in [7, 11) is 1.92. The van der Waals surface area contributed by atoms with E-state index in [1.54, 1.807) is 18.5 Å². The Morgan fingerprint density at radius 1 is 1.47 bits per heavy atom. The van der Waals surface area contributed by atoms with Crippen molar-refractivity contribution in [3.05, 3.63) is 52.8 Å². The number of hydrogen-bond acceptors (Lipinski definition) is 2. The molecule has 1 atom stereocenters. The standard InChI is InChI=1S/C14H17ClFN3/c1-3-17-13(14-8-19(2)9-18-14)6-10-4-5-11(15)7-12(10)16/h4-5,7-9,13,17H,3,6H2,1-2H3. The Morgan fingerprint density at radius 3 is 2.84 bits per heavy atom. The van der Waals surface area contributed by atoms with Crippen LogP contribution >= 0.6 is 11.6 Å². The van der Waals surface area contributed by atoms with Crippen LogP contribution in [0.1, 0.15) is 24.2 Å². The molecule has 0 aliphatic carbocycles. The van der Waals surface area contributed by atoms with E-state index in [1.807, 2.05) is 24.7 Å². The van der Waals surface area contributed by atoms with Crippen LogP contribution in [0.15, 0.2) is 30.7 Å². The molecule has 0 spiro atoms. The van der Waals surface area contributed by atoms with E-state index in [0.29, 0.717) is 17.0 Å². The molecule has 0 aliphatic rings. The minimum atomic E-state index is -0.272. The zero-order valence-electron chi connectivity index (χ0n) is 11.0. The molecule has 2 rings (SSSR count). The second kappa shape index (κ2) is 6.17. The van der Waals surface area contributed by atoms with Crippen LogP contribution in [-0.2, 0) is 13.5 Å². The third-order valence-corrected chi connectivity index (χ3v) is 3.21. The van der Waals surface area contributed by atoms with E-state index in [0.717, 1.165) is 12.2 Å². The molecule has 0 bridgehead atoms. The number of rotatable bonds is 5. The van der Waals surface area contributed by atoms with Crippen molar-refractivity contribution in [2.45, 2.75) is 19.4 Å². The van der Waals surface area contributed by atoms with Crippen molar-refractivity contribution in [1.29, 1.82) is 0 Å². The van der Waals surface area contributed by atoms with Crippen LogP contribution in [0.25, 0.3) is 0 Å². The predicted octanol–water partition coefficient (Wildman–Crippen LogP) is 3.11. The van der Waals surface area contributed by atoms with Crippen LogP contribution in [0.4, 0.5) is 4.39 Å². The van der Waals surface area contributed by atoms with E-state index >= 15 is 0 Å². The summed E-state index contributed by atoms with van der Waals surface area (Å²) in [4.78, 5) is 4.33. The summed E-state index contributed by atoms with van der Waals surface area (Å²) in [5, 5.41) is 3.74. The molecule has 1 heterocycles. The number of benzene rings is 1. The minimum Gasteiger partial charge on any atom is -0.340 e. The summed E-state index contributed by atoms with van der Waals surface area (Å²) in [6.45, 7) is 2.82. The number of nitrogens with zero attached hydrogens (tertiary/aromatic N) is 2. The molecule has 102 valence electrons. The molecule has 0 fully saturated rings. The molecule has 2 aromatic rings. The fourth-order valence-electron chi connectivity index (χ4n) is 2.05. The first-order valence-corrected chi connectivity index (χ1v) is 6.63. The lowest BCUT2D eigenvalue weighted by Gasteiger charge is -2.16. The van der Waals surface area contributed by atoms with Gasteiger partial charge in [-0.15, -0.1) is 0 Å². The molecule has 5 heteroatoms. The van der Waals surface area contributed by atoms with Gasteiger partial charge in [0.15, 0.2) is 0 Å². The topological polar surface area (TPSA) is 29.9 Å². The summed E-state index contributed by atoms with van der Waals surface area (Å²) in [5.41, 5.74) is 1.56. The second-order valence-electron chi connectivity index (χ2n) is 4.51. The van der Waals surface area contributed by atoms with E-state index in [9.17, 15) is 4.39 Å². The summed E-state index contributed by atoms with van der Waals surface area (Å²) in [6.07, 6.45) is 4.24. The van der Waals surface area contributed by atoms with Crippen molar-refractivity contribution in [3.8, 4) is 0 Å². The molecular weight excluding hydrogens is 265 g/mol. The van der Waals surface area contributed by atoms with Crippen molar-refractivity contribution < 1.29 is 4.39 Å². The van der Waals surface area contributed by atoms with Gasteiger partial charge in [0.2, 0.25) is 0 Å². The Morgan fingerprint density at radius 2 is 2.26 bits per heavy atom. The van der Waals surface area contributed by atoms with Crippen molar-refractivity contribution in [2.75, 3.05) is 6.54 Å².